The lowest BCUT2D eigenvalue weighted by molar-refractivity contribution is 0.576. The predicted molar refractivity (Wildman–Crippen MR) is 74.1 cm³/mol. The number of aromatic nitrogens is 1. The molecule has 0 saturated carbocycles. The van der Waals surface area contributed by atoms with Crippen molar-refractivity contribution in [2.45, 2.75) is 26.4 Å². The quantitative estimate of drug-likeness (QED) is 0.917. The van der Waals surface area contributed by atoms with E-state index in [9.17, 15) is 0 Å². The Labute approximate surface area is 112 Å². The molecule has 0 amide bonds. The fourth-order valence-corrected chi connectivity index (χ4v) is 3.59. The summed E-state index contributed by atoms with van der Waals surface area (Å²) in [5.41, 5.74) is 0. The highest BCUT2D eigenvalue weighted by Gasteiger charge is 2.09. The van der Waals surface area contributed by atoms with Crippen LogP contribution in [-0.4, -0.2) is 4.98 Å². The van der Waals surface area contributed by atoms with Crippen LogP contribution in [0.3, 0.4) is 0 Å². The van der Waals surface area contributed by atoms with Crippen LogP contribution in [0, 0.1) is 6.92 Å². The van der Waals surface area contributed by atoms with Crippen LogP contribution in [0.25, 0.3) is 0 Å². The molecule has 86 valence electrons. The number of nitrogens with one attached hydrogen (secondary N) is 1. The molecule has 0 aromatic carbocycles. The standard InChI is InChI=1S/C11H13BrN2S2/c1-7-5-14-11(15-7)8(2)13-6-9-3-4-10(12)16-9/h3-5,8,13H,6H2,1-2H3. The monoisotopic (exact) mass is 316 g/mol. The van der Waals surface area contributed by atoms with Crippen molar-refractivity contribution in [1.29, 1.82) is 0 Å². The van der Waals surface area contributed by atoms with E-state index in [1.807, 2.05) is 6.20 Å². The average Bonchev–Trinajstić information content (AvgIpc) is 2.84. The molecular formula is C11H13BrN2S2. The largest absolute Gasteiger partial charge is 0.303 e. The van der Waals surface area contributed by atoms with Gasteiger partial charge in [-0.3, -0.25) is 0 Å². The highest BCUT2D eigenvalue weighted by Crippen LogP contribution is 2.23. The maximum Gasteiger partial charge on any atom is 0.109 e. The Morgan fingerprint density at radius 2 is 2.25 bits per heavy atom. The van der Waals surface area contributed by atoms with Gasteiger partial charge >= 0.3 is 0 Å². The van der Waals surface area contributed by atoms with Crippen molar-refractivity contribution in [1.82, 2.24) is 10.3 Å². The van der Waals surface area contributed by atoms with E-state index in [-0.39, 0.29) is 0 Å². The molecule has 2 rings (SSSR count). The van der Waals surface area contributed by atoms with E-state index in [0.29, 0.717) is 6.04 Å². The van der Waals surface area contributed by atoms with Crippen LogP contribution in [0.15, 0.2) is 22.1 Å². The lowest BCUT2D eigenvalue weighted by Gasteiger charge is -2.09. The molecule has 2 heterocycles. The number of thiophene rings is 1. The third kappa shape index (κ3) is 3.13. The van der Waals surface area contributed by atoms with Crippen LogP contribution in [0.5, 0.6) is 0 Å². The summed E-state index contributed by atoms with van der Waals surface area (Å²) < 4.78 is 1.18. The SMILES string of the molecule is Cc1cnc(C(C)NCc2ccc(Br)s2)s1. The normalized spacial score (nSPS) is 12.9. The van der Waals surface area contributed by atoms with Gasteiger partial charge in [0.2, 0.25) is 0 Å². The molecule has 1 atom stereocenters. The molecule has 0 saturated heterocycles. The summed E-state index contributed by atoms with van der Waals surface area (Å²) in [5, 5.41) is 4.64. The van der Waals surface area contributed by atoms with Gasteiger partial charge in [-0.1, -0.05) is 0 Å². The van der Waals surface area contributed by atoms with Crippen molar-refractivity contribution >= 4 is 38.6 Å². The van der Waals surface area contributed by atoms with Crippen LogP contribution < -0.4 is 5.32 Å². The highest BCUT2D eigenvalue weighted by molar-refractivity contribution is 9.11. The van der Waals surface area contributed by atoms with Gasteiger partial charge in [0, 0.05) is 22.5 Å². The van der Waals surface area contributed by atoms with Crippen molar-refractivity contribution in [2.75, 3.05) is 0 Å². The molecule has 0 radical (unpaired) electrons. The van der Waals surface area contributed by atoms with Gasteiger partial charge in [-0.15, -0.1) is 22.7 Å². The number of hydrogen-bond donors (Lipinski definition) is 1. The number of nitrogens with zero attached hydrogens (tertiary/aromatic N) is 1. The molecule has 1 N–H and O–H groups in total. The summed E-state index contributed by atoms with van der Waals surface area (Å²) in [6.45, 7) is 5.14. The number of aryl methyl sites for hydroxylation is 1. The number of hydrogen-bond acceptors (Lipinski definition) is 4. The van der Waals surface area contributed by atoms with Crippen LogP contribution in [-0.2, 0) is 6.54 Å². The number of thiazole rings is 1. The third-order valence-corrected chi connectivity index (χ3v) is 4.94. The molecule has 0 aliphatic carbocycles. The van der Waals surface area contributed by atoms with E-state index in [1.165, 1.54) is 13.5 Å². The minimum absolute atomic E-state index is 0.319. The van der Waals surface area contributed by atoms with Crippen LogP contribution in [0.4, 0.5) is 0 Å². The van der Waals surface area contributed by atoms with Crippen LogP contribution in [0.1, 0.15) is 27.7 Å². The second-order valence-corrected chi connectivity index (χ2v) is 7.43. The molecule has 0 aliphatic heterocycles. The summed E-state index contributed by atoms with van der Waals surface area (Å²) >= 11 is 6.99. The topological polar surface area (TPSA) is 24.9 Å². The van der Waals surface area contributed by atoms with Crippen molar-refractivity contribution in [2.24, 2.45) is 0 Å². The van der Waals surface area contributed by atoms with Gasteiger partial charge in [0.05, 0.1) is 9.83 Å². The van der Waals surface area contributed by atoms with Crippen molar-refractivity contribution in [3.05, 3.63) is 36.9 Å². The van der Waals surface area contributed by atoms with Gasteiger partial charge in [-0.05, 0) is 41.9 Å². The Bertz CT molecular complexity index is 464. The van der Waals surface area contributed by atoms with Crippen LogP contribution >= 0.6 is 38.6 Å². The summed E-state index contributed by atoms with van der Waals surface area (Å²) in [7, 11) is 0. The van der Waals surface area contributed by atoms with Gasteiger partial charge in [0.25, 0.3) is 0 Å². The molecule has 0 aliphatic rings. The number of rotatable bonds is 4. The van der Waals surface area contributed by atoms with Crippen LogP contribution in [0.2, 0.25) is 0 Å². The van der Waals surface area contributed by atoms with E-state index in [4.69, 9.17) is 0 Å². The molecular weight excluding hydrogens is 304 g/mol. The third-order valence-electron chi connectivity index (χ3n) is 2.22. The molecule has 5 heteroatoms. The summed E-state index contributed by atoms with van der Waals surface area (Å²) in [4.78, 5) is 6.99. The first-order chi connectivity index (χ1) is 7.65. The minimum atomic E-state index is 0.319. The van der Waals surface area contributed by atoms with E-state index in [1.54, 1.807) is 22.7 Å². The van der Waals surface area contributed by atoms with Crippen molar-refractivity contribution in [3.63, 3.8) is 0 Å². The summed E-state index contributed by atoms with van der Waals surface area (Å²) in [5.74, 6) is 0. The molecule has 2 aromatic heterocycles. The Kier molecular flexibility index (Phi) is 4.13. The van der Waals surface area contributed by atoms with Gasteiger partial charge in [-0.25, -0.2) is 4.98 Å². The Morgan fingerprint density at radius 3 is 2.81 bits per heavy atom. The Balaban J connectivity index is 1.91. The zero-order chi connectivity index (χ0) is 11.5. The van der Waals surface area contributed by atoms with Gasteiger partial charge in [0.1, 0.15) is 5.01 Å². The predicted octanol–water partition coefficient (Wildman–Crippen LogP) is 4.13. The van der Waals surface area contributed by atoms with E-state index in [2.05, 4.69) is 52.2 Å². The second-order valence-electron chi connectivity index (χ2n) is 3.62. The highest BCUT2D eigenvalue weighted by atomic mass is 79.9. The average molecular weight is 317 g/mol. The molecule has 0 fully saturated rings. The minimum Gasteiger partial charge on any atom is -0.303 e. The maximum absolute atomic E-state index is 4.38. The number of halogens is 1. The van der Waals surface area contributed by atoms with Gasteiger partial charge in [-0.2, -0.15) is 0 Å². The smallest absolute Gasteiger partial charge is 0.109 e. The first-order valence-corrected chi connectivity index (χ1v) is 7.47. The molecule has 1 unspecified atom stereocenters. The molecule has 16 heavy (non-hydrogen) atoms. The molecule has 0 spiro atoms. The summed E-state index contributed by atoms with van der Waals surface area (Å²) in [6, 6.07) is 4.54. The summed E-state index contributed by atoms with van der Waals surface area (Å²) in [6.07, 6.45) is 1.93. The maximum atomic E-state index is 4.38. The van der Waals surface area contributed by atoms with Crippen molar-refractivity contribution < 1.29 is 0 Å². The fourth-order valence-electron chi connectivity index (χ4n) is 1.36. The first kappa shape index (κ1) is 12.2. The second kappa shape index (κ2) is 5.40. The van der Waals surface area contributed by atoms with Gasteiger partial charge in [0.15, 0.2) is 0 Å². The van der Waals surface area contributed by atoms with Crippen molar-refractivity contribution in [3.8, 4) is 0 Å². The fraction of sp³-hybridized carbons (Fsp3) is 0.364. The molecule has 0 bridgehead atoms. The van der Waals surface area contributed by atoms with E-state index in [0.717, 1.165) is 11.6 Å². The first-order valence-electron chi connectivity index (χ1n) is 5.05. The Morgan fingerprint density at radius 1 is 1.44 bits per heavy atom. The zero-order valence-electron chi connectivity index (χ0n) is 9.16. The lowest BCUT2D eigenvalue weighted by Crippen LogP contribution is -2.17. The lowest BCUT2D eigenvalue weighted by atomic mass is 10.3. The molecule has 2 nitrogen and oxygen atoms in total. The van der Waals surface area contributed by atoms with E-state index >= 15 is 0 Å². The molecule has 2 aromatic rings. The van der Waals surface area contributed by atoms with Gasteiger partial charge < -0.3 is 5.32 Å². The van der Waals surface area contributed by atoms with E-state index < -0.39 is 0 Å². The Hall–Kier alpha value is -0.230. The zero-order valence-corrected chi connectivity index (χ0v) is 12.4.